The molecule has 0 unspecified atom stereocenters. The predicted molar refractivity (Wildman–Crippen MR) is 131 cm³/mol. The number of amides is 3. The van der Waals surface area contributed by atoms with Gasteiger partial charge in [0, 0.05) is 50.0 Å². The Morgan fingerprint density at radius 2 is 1.56 bits per heavy atom. The van der Waals surface area contributed by atoms with Crippen molar-refractivity contribution in [1.82, 2.24) is 24.9 Å². The lowest BCUT2D eigenvalue weighted by molar-refractivity contribution is -0.126. The minimum Gasteiger partial charge on any atom is -0.352 e. The van der Waals surface area contributed by atoms with E-state index in [2.05, 4.69) is 5.32 Å². The summed E-state index contributed by atoms with van der Waals surface area (Å²) in [5, 5.41) is 7.96. The van der Waals surface area contributed by atoms with Gasteiger partial charge in [0.1, 0.15) is 0 Å². The summed E-state index contributed by atoms with van der Waals surface area (Å²) in [7, 11) is 0. The van der Waals surface area contributed by atoms with Gasteiger partial charge in [-0.25, -0.2) is 9.48 Å². The van der Waals surface area contributed by atoms with E-state index in [-0.39, 0.29) is 17.9 Å². The van der Waals surface area contributed by atoms with Gasteiger partial charge in [-0.15, -0.1) is 0 Å². The number of nitrogens with one attached hydrogen (secondary N) is 1. The fourth-order valence-electron chi connectivity index (χ4n) is 4.89. The second-order valence-corrected chi connectivity index (χ2v) is 9.13. The minimum atomic E-state index is -0.176. The third-order valence-electron chi connectivity index (χ3n) is 6.75. The van der Waals surface area contributed by atoms with Crippen LogP contribution in [-0.2, 0) is 11.3 Å². The van der Waals surface area contributed by atoms with Gasteiger partial charge in [-0.05, 0) is 37.8 Å². The number of carbonyl (C=O) groups excluding carboxylic acids is 2. The third-order valence-corrected chi connectivity index (χ3v) is 6.75. The zero-order chi connectivity index (χ0) is 23.3. The standard InChI is InChI=1S/C27H31N5O2/c33-26(22-12-9-17-31(19-22)27(34)30-15-7-8-16-30)28-18-23-20-32(24-13-5-2-6-14-24)29-25(23)21-10-3-1-4-11-21/h1-6,10-11,13-14,20,22H,7-9,12,15-19H2,(H,28,33)/t22-/m0/s1. The first-order valence-electron chi connectivity index (χ1n) is 12.2. The van der Waals surface area contributed by atoms with Crippen LogP contribution in [0.5, 0.6) is 0 Å². The molecule has 1 N–H and O–H groups in total. The Morgan fingerprint density at radius 1 is 0.882 bits per heavy atom. The van der Waals surface area contributed by atoms with Gasteiger partial charge in [0.05, 0.1) is 17.3 Å². The molecule has 3 aromatic rings. The third kappa shape index (κ3) is 4.83. The molecule has 2 aromatic carbocycles. The van der Waals surface area contributed by atoms with E-state index in [1.54, 1.807) is 0 Å². The predicted octanol–water partition coefficient (Wildman–Crippen LogP) is 4.08. The molecule has 2 aliphatic heterocycles. The highest BCUT2D eigenvalue weighted by Crippen LogP contribution is 2.24. The molecule has 7 heteroatoms. The van der Waals surface area contributed by atoms with Crippen LogP contribution in [0.15, 0.2) is 66.9 Å². The number of aromatic nitrogens is 2. The largest absolute Gasteiger partial charge is 0.352 e. The van der Waals surface area contributed by atoms with Crippen molar-refractivity contribution in [2.24, 2.45) is 5.92 Å². The van der Waals surface area contributed by atoms with E-state index in [4.69, 9.17) is 5.10 Å². The van der Waals surface area contributed by atoms with Crippen LogP contribution in [0.2, 0.25) is 0 Å². The summed E-state index contributed by atoms with van der Waals surface area (Å²) < 4.78 is 1.86. The highest BCUT2D eigenvalue weighted by molar-refractivity contribution is 5.81. The van der Waals surface area contributed by atoms with E-state index in [1.165, 1.54) is 0 Å². The number of carbonyl (C=O) groups is 2. The van der Waals surface area contributed by atoms with Crippen molar-refractivity contribution in [2.75, 3.05) is 26.2 Å². The lowest BCUT2D eigenvalue weighted by Gasteiger charge is -2.34. The highest BCUT2D eigenvalue weighted by Gasteiger charge is 2.31. The topological polar surface area (TPSA) is 70.5 Å². The van der Waals surface area contributed by atoms with Gasteiger partial charge in [-0.2, -0.15) is 5.10 Å². The molecule has 7 nitrogen and oxygen atoms in total. The summed E-state index contributed by atoms with van der Waals surface area (Å²) in [4.78, 5) is 29.7. The molecule has 2 fully saturated rings. The Labute approximate surface area is 200 Å². The van der Waals surface area contributed by atoms with E-state index >= 15 is 0 Å². The van der Waals surface area contributed by atoms with Crippen LogP contribution in [0, 0.1) is 5.92 Å². The van der Waals surface area contributed by atoms with Gasteiger partial charge in [0.15, 0.2) is 0 Å². The second kappa shape index (κ2) is 10.1. The number of likely N-dealkylation sites (tertiary alicyclic amines) is 2. The van der Waals surface area contributed by atoms with Gasteiger partial charge < -0.3 is 15.1 Å². The zero-order valence-electron chi connectivity index (χ0n) is 19.4. The Hall–Kier alpha value is -3.61. The number of piperidine rings is 1. The van der Waals surface area contributed by atoms with Crippen LogP contribution in [0.25, 0.3) is 16.9 Å². The van der Waals surface area contributed by atoms with Crippen LogP contribution in [-0.4, -0.2) is 57.7 Å². The molecular formula is C27H31N5O2. The molecule has 176 valence electrons. The van der Waals surface area contributed by atoms with Gasteiger partial charge in [-0.1, -0.05) is 48.5 Å². The number of hydrogen-bond acceptors (Lipinski definition) is 3. The molecule has 1 atom stereocenters. The molecule has 5 rings (SSSR count). The van der Waals surface area contributed by atoms with Gasteiger partial charge in [0.2, 0.25) is 5.91 Å². The molecule has 0 spiro atoms. The molecule has 0 bridgehead atoms. The normalized spacial score (nSPS) is 18.2. The molecule has 2 aliphatic rings. The molecule has 3 amide bonds. The SMILES string of the molecule is O=C(NCc1cn(-c2ccccc2)nc1-c1ccccc1)[C@H]1CCCN(C(=O)N2CCCC2)C1. The molecule has 34 heavy (non-hydrogen) atoms. The van der Waals surface area contributed by atoms with Crippen LogP contribution in [0.3, 0.4) is 0 Å². The summed E-state index contributed by atoms with van der Waals surface area (Å²) in [6.45, 7) is 3.29. The van der Waals surface area contributed by atoms with Crippen LogP contribution in [0.1, 0.15) is 31.2 Å². The maximum Gasteiger partial charge on any atom is 0.320 e. The van der Waals surface area contributed by atoms with E-state index in [0.717, 1.165) is 67.8 Å². The summed E-state index contributed by atoms with van der Waals surface area (Å²) in [5.74, 6) is -0.171. The van der Waals surface area contributed by atoms with Crippen molar-refractivity contribution in [2.45, 2.75) is 32.2 Å². The first-order valence-corrected chi connectivity index (χ1v) is 12.2. The first-order chi connectivity index (χ1) is 16.7. The molecular weight excluding hydrogens is 426 g/mol. The Kier molecular flexibility index (Phi) is 6.60. The second-order valence-electron chi connectivity index (χ2n) is 9.13. The highest BCUT2D eigenvalue weighted by atomic mass is 16.2. The van der Waals surface area contributed by atoms with Crippen molar-refractivity contribution in [1.29, 1.82) is 0 Å². The Balaban J connectivity index is 1.29. The maximum absolute atomic E-state index is 13.1. The summed E-state index contributed by atoms with van der Waals surface area (Å²) >= 11 is 0. The van der Waals surface area contributed by atoms with Crippen molar-refractivity contribution in [3.8, 4) is 16.9 Å². The zero-order valence-corrected chi connectivity index (χ0v) is 19.4. The molecule has 1 aromatic heterocycles. The summed E-state index contributed by atoms with van der Waals surface area (Å²) in [6.07, 6.45) is 5.80. The number of rotatable bonds is 5. The summed E-state index contributed by atoms with van der Waals surface area (Å²) in [6, 6.07) is 20.1. The lowest BCUT2D eigenvalue weighted by Crippen LogP contribution is -2.49. The smallest absolute Gasteiger partial charge is 0.320 e. The Bertz CT molecular complexity index is 1120. The Morgan fingerprint density at radius 3 is 2.29 bits per heavy atom. The van der Waals surface area contributed by atoms with E-state index in [9.17, 15) is 9.59 Å². The number of urea groups is 1. The molecule has 0 radical (unpaired) electrons. The van der Waals surface area contributed by atoms with Crippen LogP contribution in [0.4, 0.5) is 4.79 Å². The molecule has 0 aliphatic carbocycles. The average Bonchev–Trinajstić information content (AvgIpc) is 3.59. The number of nitrogens with zero attached hydrogens (tertiary/aromatic N) is 4. The molecule has 0 saturated carbocycles. The van der Waals surface area contributed by atoms with Crippen molar-refractivity contribution in [3.05, 3.63) is 72.4 Å². The van der Waals surface area contributed by atoms with Gasteiger partial charge in [-0.3, -0.25) is 4.79 Å². The fraction of sp³-hybridized carbons (Fsp3) is 0.370. The number of para-hydroxylation sites is 1. The number of hydrogen-bond donors (Lipinski definition) is 1. The van der Waals surface area contributed by atoms with Crippen LogP contribution >= 0.6 is 0 Å². The average molecular weight is 458 g/mol. The van der Waals surface area contributed by atoms with Crippen molar-refractivity contribution < 1.29 is 9.59 Å². The number of benzene rings is 2. The monoisotopic (exact) mass is 457 g/mol. The molecule has 3 heterocycles. The molecule has 2 saturated heterocycles. The minimum absolute atomic E-state index is 0.00500. The van der Waals surface area contributed by atoms with E-state index in [1.807, 2.05) is 81.3 Å². The first kappa shape index (κ1) is 22.2. The van der Waals surface area contributed by atoms with E-state index in [0.29, 0.717) is 13.1 Å². The van der Waals surface area contributed by atoms with Crippen molar-refractivity contribution >= 4 is 11.9 Å². The lowest BCUT2D eigenvalue weighted by atomic mass is 9.97. The van der Waals surface area contributed by atoms with E-state index < -0.39 is 0 Å². The quantitative estimate of drug-likeness (QED) is 0.628. The summed E-state index contributed by atoms with van der Waals surface area (Å²) in [5.41, 5.74) is 3.81. The van der Waals surface area contributed by atoms with Gasteiger partial charge in [0.25, 0.3) is 0 Å². The fourth-order valence-corrected chi connectivity index (χ4v) is 4.89. The maximum atomic E-state index is 13.1. The van der Waals surface area contributed by atoms with Crippen molar-refractivity contribution in [3.63, 3.8) is 0 Å². The van der Waals surface area contributed by atoms with Gasteiger partial charge >= 0.3 is 6.03 Å². The van der Waals surface area contributed by atoms with Crippen LogP contribution < -0.4 is 5.32 Å².